The Morgan fingerprint density at radius 1 is 1.25 bits per heavy atom. The van der Waals surface area contributed by atoms with Gasteiger partial charge in [-0.1, -0.05) is 43.9 Å². The van der Waals surface area contributed by atoms with E-state index in [1.54, 1.807) is 0 Å². The van der Waals surface area contributed by atoms with Gasteiger partial charge in [-0.25, -0.2) is 0 Å². The molecule has 1 N–H and O–H groups in total. The lowest BCUT2D eigenvalue weighted by Crippen LogP contribution is -2.48. The highest BCUT2D eigenvalue weighted by Crippen LogP contribution is 2.37. The Hall–Kier alpha value is -1.09. The molecular weight excluding hydrogens is 300 g/mol. The van der Waals surface area contributed by atoms with Crippen LogP contribution in [0.4, 0.5) is 0 Å². The Kier molecular flexibility index (Phi) is 9.35. The fourth-order valence-electron chi connectivity index (χ4n) is 3.41. The average Bonchev–Trinajstić information content (AvgIpc) is 2.52. The minimum absolute atomic E-state index is 0.169. The van der Waals surface area contributed by atoms with Crippen LogP contribution in [0.15, 0.2) is 24.8 Å². The highest BCUT2D eigenvalue weighted by atomic mass is 16.6. The van der Waals surface area contributed by atoms with Crippen molar-refractivity contribution in [2.24, 2.45) is 5.92 Å². The highest BCUT2D eigenvalue weighted by molar-refractivity contribution is 5.69. The number of rotatable bonds is 11. The van der Waals surface area contributed by atoms with Gasteiger partial charge in [0.05, 0.1) is 6.10 Å². The monoisotopic (exact) mass is 336 g/mol. The Labute approximate surface area is 148 Å². The number of aliphatic hydroxyl groups is 1. The van der Waals surface area contributed by atoms with E-state index in [1.807, 2.05) is 19.9 Å². The van der Waals surface area contributed by atoms with Crippen LogP contribution in [0.3, 0.4) is 0 Å². The summed E-state index contributed by atoms with van der Waals surface area (Å²) in [5.41, 5.74) is 0.379. The zero-order valence-electron chi connectivity index (χ0n) is 15.7. The molecule has 1 fully saturated rings. The second-order valence-corrected chi connectivity index (χ2v) is 7.57. The maximum Gasteiger partial charge on any atom is 0.306 e. The second kappa shape index (κ2) is 10.7. The summed E-state index contributed by atoms with van der Waals surface area (Å²) < 4.78 is 5.65. The van der Waals surface area contributed by atoms with Crippen LogP contribution in [0.25, 0.3) is 0 Å². The number of carbonyl (C=O) groups excluding carboxylic acids is 1. The molecule has 1 saturated carbocycles. The number of unbranched alkanes of at least 4 members (excludes halogenated alkanes) is 6. The predicted octanol–water partition coefficient (Wildman–Crippen LogP) is 5.33. The third kappa shape index (κ3) is 7.21. The van der Waals surface area contributed by atoms with Gasteiger partial charge in [0.1, 0.15) is 5.60 Å². The second-order valence-electron chi connectivity index (χ2n) is 7.57. The molecule has 0 spiro atoms. The third-order valence-electron chi connectivity index (χ3n) is 5.28. The van der Waals surface area contributed by atoms with Gasteiger partial charge in [-0.3, -0.25) is 4.79 Å². The third-order valence-corrected chi connectivity index (χ3v) is 5.28. The zero-order valence-corrected chi connectivity index (χ0v) is 15.7. The maximum absolute atomic E-state index is 12.1. The Bertz CT molecular complexity index is 415. The number of esters is 1. The molecule has 138 valence electrons. The molecule has 0 aromatic carbocycles. The summed E-state index contributed by atoms with van der Waals surface area (Å²) in [6, 6.07) is 0. The molecule has 1 aliphatic rings. The van der Waals surface area contributed by atoms with Crippen molar-refractivity contribution in [2.75, 3.05) is 0 Å². The van der Waals surface area contributed by atoms with Crippen LogP contribution in [0.5, 0.6) is 0 Å². The molecule has 0 radical (unpaired) electrons. The molecule has 0 bridgehead atoms. The number of hydrogen-bond donors (Lipinski definition) is 1. The van der Waals surface area contributed by atoms with Crippen LogP contribution in [0.2, 0.25) is 0 Å². The molecule has 0 aliphatic heterocycles. The first-order valence-electron chi connectivity index (χ1n) is 9.55. The average molecular weight is 337 g/mol. The van der Waals surface area contributed by atoms with Crippen LogP contribution in [-0.2, 0) is 9.53 Å². The Balaban J connectivity index is 2.20. The van der Waals surface area contributed by atoms with Crippen molar-refractivity contribution in [3.63, 3.8) is 0 Å². The molecule has 0 saturated heterocycles. The molecule has 3 unspecified atom stereocenters. The highest BCUT2D eigenvalue weighted by Gasteiger charge is 2.42. The quantitative estimate of drug-likeness (QED) is 0.315. The zero-order chi connectivity index (χ0) is 18.0. The van der Waals surface area contributed by atoms with Crippen molar-refractivity contribution in [2.45, 2.75) is 96.2 Å². The van der Waals surface area contributed by atoms with E-state index in [4.69, 9.17) is 4.74 Å². The van der Waals surface area contributed by atoms with E-state index < -0.39 is 11.7 Å². The molecule has 3 atom stereocenters. The Morgan fingerprint density at radius 2 is 1.88 bits per heavy atom. The van der Waals surface area contributed by atoms with Crippen LogP contribution >= 0.6 is 0 Å². The van der Waals surface area contributed by atoms with Crippen LogP contribution in [0, 0.1) is 5.92 Å². The summed E-state index contributed by atoms with van der Waals surface area (Å²) in [7, 11) is 0. The molecule has 3 heteroatoms. The fraction of sp³-hybridized carbons (Fsp3) is 0.762. The van der Waals surface area contributed by atoms with E-state index in [0.29, 0.717) is 25.2 Å². The summed E-state index contributed by atoms with van der Waals surface area (Å²) in [4.78, 5) is 12.1. The van der Waals surface area contributed by atoms with Gasteiger partial charge in [0.2, 0.25) is 0 Å². The van der Waals surface area contributed by atoms with E-state index in [1.165, 1.54) is 25.7 Å². The molecule has 1 rings (SSSR count). The topological polar surface area (TPSA) is 46.5 Å². The van der Waals surface area contributed by atoms with Crippen LogP contribution < -0.4 is 0 Å². The maximum atomic E-state index is 12.1. The van der Waals surface area contributed by atoms with Gasteiger partial charge in [0.25, 0.3) is 0 Å². The van der Waals surface area contributed by atoms with E-state index in [9.17, 15) is 9.90 Å². The van der Waals surface area contributed by atoms with Gasteiger partial charge in [0, 0.05) is 6.42 Å². The first kappa shape index (κ1) is 21.0. The van der Waals surface area contributed by atoms with Crippen molar-refractivity contribution in [1.82, 2.24) is 0 Å². The lowest BCUT2D eigenvalue weighted by atomic mass is 9.75. The van der Waals surface area contributed by atoms with Crippen molar-refractivity contribution < 1.29 is 14.6 Å². The van der Waals surface area contributed by atoms with Crippen molar-refractivity contribution >= 4 is 5.97 Å². The summed E-state index contributed by atoms with van der Waals surface area (Å²) in [6.45, 7) is 11.6. The first-order chi connectivity index (χ1) is 11.4. The van der Waals surface area contributed by atoms with Gasteiger partial charge in [-0.2, -0.15) is 0 Å². The van der Waals surface area contributed by atoms with Gasteiger partial charge < -0.3 is 9.84 Å². The largest absolute Gasteiger partial charge is 0.457 e. The number of ether oxygens (including phenoxy) is 1. The summed E-state index contributed by atoms with van der Waals surface area (Å²) >= 11 is 0. The summed E-state index contributed by atoms with van der Waals surface area (Å²) in [6.07, 6.45) is 12.0. The first-order valence-corrected chi connectivity index (χ1v) is 9.55. The molecule has 0 aromatic rings. The van der Waals surface area contributed by atoms with Gasteiger partial charge in [-0.05, 0) is 58.3 Å². The van der Waals surface area contributed by atoms with E-state index in [0.717, 1.165) is 31.3 Å². The number of hydrogen-bond acceptors (Lipinski definition) is 3. The van der Waals surface area contributed by atoms with Crippen molar-refractivity contribution in [3.05, 3.63) is 24.8 Å². The van der Waals surface area contributed by atoms with Crippen molar-refractivity contribution in [1.29, 1.82) is 0 Å². The van der Waals surface area contributed by atoms with Crippen molar-refractivity contribution in [3.8, 4) is 0 Å². The fourth-order valence-corrected chi connectivity index (χ4v) is 3.41. The SMILES string of the molecule is C=CCCCCCCCCC(=O)OC1(C)CCC(C(=C)C)CC1O. The minimum Gasteiger partial charge on any atom is -0.457 e. The molecule has 3 nitrogen and oxygen atoms in total. The lowest BCUT2D eigenvalue weighted by molar-refractivity contribution is -0.178. The smallest absolute Gasteiger partial charge is 0.306 e. The molecular formula is C21H36O3. The molecule has 1 aliphatic carbocycles. The van der Waals surface area contributed by atoms with E-state index >= 15 is 0 Å². The van der Waals surface area contributed by atoms with E-state index in [2.05, 4.69) is 13.2 Å². The van der Waals surface area contributed by atoms with Crippen LogP contribution in [0.1, 0.15) is 84.5 Å². The molecule has 0 amide bonds. The molecule has 0 heterocycles. The van der Waals surface area contributed by atoms with Crippen LogP contribution in [-0.4, -0.2) is 22.8 Å². The minimum atomic E-state index is -0.728. The van der Waals surface area contributed by atoms with Gasteiger partial charge >= 0.3 is 5.97 Å². The molecule has 24 heavy (non-hydrogen) atoms. The normalized spacial score (nSPS) is 26.8. The molecule has 0 aromatic heterocycles. The summed E-state index contributed by atoms with van der Waals surface area (Å²) in [5.74, 6) is 0.171. The Morgan fingerprint density at radius 3 is 2.46 bits per heavy atom. The van der Waals surface area contributed by atoms with Gasteiger partial charge in [0.15, 0.2) is 0 Å². The number of carbonyl (C=O) groups is 1. The van der Waals surface area contributed by atoms with Gasteiger partial charge in [-0.15, -0.1) is 6.58 Å². The number of allylic oxidation sites excluding steroid dienone is 2. The standard InChI is InChI=1S/C21H36O3/c1-5-6-7-8-9-10-11-12-13-20(23)24-21(4)15-14-18(17(2)3)16-19(21)22/h5,18-19,22H,1-2,6-16H2,3-4H3. The van der Waals surface area contributed by atoms with E-state index in [-0.39, 0.29) is 5.97 Å². The predicted molar refractivity (Wildman–Crippen MR) is 99.8 cm³/mol. The number of aliphatic hydroxyl groups excluding tert-OH is 1. The summed E-state index contributed by atoms with van der Waals surface area (Å²) in [5, 5.41) is 10.4. The lowest BCUT2D eigenvalue weighted by Gasteiger charge is -2.41.